The molecule has 0 N–H and O–H groups in total. The fourth-order valence-corrected chi connectivity index (χ4v) is 9.46. The maximum atomic E-state index is 5.20. The van der Waals surface area contributed by atoms with E-state index in [2.05, 4.69) is 151 Å². The second-order valence-electron chi connectivity index (χ2n) is 13.4. The molecule has 0 unspecified atom stereocenters. The summed E-state index contributed by atoms with van der Waals surface area (Å²) in [6.07, 6.45) is 5.38. The van der Waals surface area contributed by atoms with E-state index in [-0.39, 0.29) is 0 Å². The smallest absolute Gasteiger partial charge is 0.147 e. The van der Waals surface area contributed by atoms with E-state index in [1.807, 2.05) is 12.3 Å². The topological polar surface area (TPSA) is 51.6 Å². The third kappa shape index (κ3) is 4.14. The maximum Gasteiger partial charge on any atom is 0.147 e. The van der Waals surface area contributed by atoms with Gasteiger partial charge in [0.2, 0.25) is 0 Å². The van der Waals surface area contributed by atoms with E-state index in [0.29, 0.717) is 0 Å². The lowest BCUT2D eigenvalue weighted by Gasteiger charge is -2.30. The van der Waals surface area contributed by atoms with Crippen LogP contribution in [0.2, 0.25) is 0 Å². The van der Waals surface area contributed by atoms with Crippen molar-refractivity contribution in [3.8, 4) is 66.3 Å². The van der Waals surface area contributed by atoms with Gasteiger partial charge in [0.1, 0.15) is 27.4 Å². The number of aromatic nitrogens is 4. The number of thiazole rings is 1. The van der Waals surface area contributed by atoms with Gasteiger partial charge in [-0.3, -0.25) is 4.98 Å². The van der Waals surface area contributed by atoms with Crippen molar-refractivity contribution in [2.75, 3.05) is 0 Å². The lowest BCUT2D eigenvalue weighted by atomic mass is 9.70. The molecule has 0 aliphatic heterocycles. The van der Waals surface area contributed by atoms with Gasteiger partial charge in [-0.15, -0.1) is 0 Å². The van der Waals surface area contributed by atoms with Crippen molar-refractivity contribution in [2.24, 2.45) is 0 Å². The highest BCUT2D eigenvalue weighted by atomic mass is 32.1. The van der Waals surface area contributed by atoms with Gasteiger partial charge in [0.25, 0.3) is 0 Å². The van der Waals surface area contributed by atoms with Gasteiger partial charge in [0.05, 0.1) is 5.41 Å². The van der Waals surface area contributed by atoms with E-state index in [1.165, 1.54) is 44.5 Å². The maximum absolute atomic E-state index is 5.20. The van der Waals surface area contributed by atoms with Crippen molar-refractivity contribution in [1.29, 1.82) is 0 Å². The standard InChI is InChI=1S/C47H28N4S/c1-4-15-39-35(12-1)36-13-2-5-16-40(36)47(39)41-17-6-3-14-37(41)38-23-22-33(26-42(38)47)43-44-46(50-28-49-43)52-45(51-44)30-20-18-29(19-21-30)31-9-7-10-32(25-31)34-11-8-24-48-27-34/h1-28H. The summed E-state index contributed by atoms with van der Waals surface area (Å²) in [5, 5.41) is 0.927. The Bertz CT molecular complexity index is 2790. The molecule has 52 heavy (non-hydrogen) atoms. The highest BCUT2D eigenvalue weighted by Crippen LogP contribution is 2.63. The third-order valence-electron chi connectivity index (χ3n) is 10.8. The van der Waals surface area contributed by atoms with Crippen molar-refractivity contribution < 1.29 is 0 Å². The summed E-state index contributed by atoms with van der Waals surface area (Å²) in [5.41, 5.74) is 18.4. The van der Waals surface area contributed by atoms with Crippen LogP contribution in [0.4, 0.5) is 0 Å². The first-order valence-electron chi connectivity index (χ1n) is 17.4. The molecule has 2 aliphatic rings. The van der Waals surface area contributed by atoms with Crippen molar-refractivity contribution in [1.82, 2.24) is 19.9 Å². The number of hydrogen-bond acceptors (Lipinski definition) is 5. The number of rotatable bonds is 4. The minimum absolute atomic E-state index is 0.409. The molecule has 242 valence electrons. The monoisotopic (exact) mass is 680 g/mol. The van der Waals surface area contributed by atoms with Crippen LogP contribution < -0.4 is 0 Å². The van der Waals surface area contributed by atoms with Crippen LogP contribution in [0.15, 0.2) is 170 Å². The van der Waals surface area contributed by atoms with Crippen molar-refractivity contribution in [3.63, 3.8) is 0 Å². The SMILES string of the molecule is c1cncc(-c2cccc(-c3ccc(-c4nc5c(-c6ccc7c(c6)C6(c8ccccc8-c8ccccc86)c6ccccc6-7)ncnc5s4)cc3)c2)c1. The van der Waals surface area contributed by atoms with Crippen LogP contribution in [0.5, 0.6) is 0 Å². The molecular formula is C47H28N4S. The molecule has 0 bridgehead atoms. The van der Waals surface area contributed by atoms with Gasteiger partial charge in [-0.2, -0.15) is 0 Å². The molecule has 0 fully saturated rings. The van der Waals surface area contributed by atoms with Gasteiger partial charge in [-0.1, -0.05) is 145 Å². The first-order valence-corrected chi connectivity index (χ1v) is 18.3. The van der Waals surface area contributed by atoms with Crippen LogP contribution in [0.25, 0.3) is 76.7 Å². The van der Waals surface area contributed by atoms with Crippen LogP contribution in [0.3, 0.4) is 0 Å². The van der Waals surface area contributed by atoms with Gasteiger partial charge >= 0.3 is 0 Å². The molecule has 3 aromatic heterocycles. The predicted molar refractivity (Wildman–Crippen MR) is 211 cm³/mol. The minimum atomic E-state index is -0.409. The third-order valence-corrected chi connectivity index (χ3v) is 11.8. The molecule has 0 saturated heterocycles. The van der Waals surface area contributed by atoms with E-state index in [4.69, 9.17) is 15.0 Å². The van der Waals surface area contributed by atoms with Gasteiger partial charge in [0, 0.05) is 29.1 Å². The Hall–Kier alpha value is -6.56. The van der Waals surface area contributed by atoms with Crippen LogP contribution in [-0.4, -0.2) is 19.9 Å². The fourth-order valence-electron chi connectivity index (χ4n) is 8.55. The largest absolute Gasteiger partial charge is 0.264 e. The molecule has 5 heteroatoms. The van der Waals surface area contributed by atoms with Gasteiger partial charge in [-0.25, -0.2) is 15.0 Å². The zero-order chi connectivity index (χ0) is 34.2. The highest BCUT2D eigenvalue weighted by Gasteiger charge is 2.51. The lowest BCUT2D eigenvalue weighted by molar-refractivity contribution is 0.794. The van der Waals surface area contributed by atoms with Crippen molar-refractivity contribution >= 4 is 21.7 Å². The second-order valence-corrected chi connectivity index (χ2v) is 14.4. The zero-order valence-electron chi connectivity index (χ0n) is 27.9. The Morgan fingerprint density at radius 2 is 1.04 bits per heavy atom. The minimum Gasteiger partial charge on any atom is -0.264 e. The summed E-state index contributed by atoms with van der Waals surface area (Å²) < 4.78 is 0. The summed E-state index contributed by atoms with van der Waals surface area (Å²) in [6, 6.07) is 54.9. The van der Waals surface area contributed by atoms with Crippen LogP contribution in [0.1, 0.15) is 22.3 Å². The van der Waals surface area contributed by atoms with E-state index in [1.54, 1.807) is 23.9 Å². The Morgan fingerprint density at radius 3 is 1.71 bits per heavy atom. The van der Waals surface area contributed by atoms with Crippen LogP contribution in [0, 0.1) is 0 Å². The van der Waals surface area contributed by atoms with Gasteiger partial charge < -0.3 is 0 Å². The molecule has 2 aliphatic carbocycles. The Labute approximate surface area is 304 Å². The Balaban J connectivity index is 1.01. The van der Waals surface area contributed by atoms with E-state index < -0.39 is 5.41 Å². The van der Waals surface area contributed by atoms with Crippen molar-refractivity contribution in [3.05, 3.63) is 193 Å². The number of nitrogens with zero attached hydrogens (tertiary/aromatic N) is 4. The van der Waals surface area contributed by atoms with Crippen LogP contribution >= 0.6 is 11.3 Å². The molecule has 0 radical (unpaired) electrons. The molecule has 11 rings (SSSR count). The molecule has 3 heterocycles. The molecular weight excluding hydrogens is 653 g/mol. The average Bonchev–Trinajstić information content (AvgIpc) is 3.88. The summed E-state index contributed by atoms with van der Waals surface area (Å²) in [4.78, 5) is 19.9. The molecule has 9 aromatic rings. The molecule has 1 spiro atoms. The Morgan fingerprint density at radius 1 is 0.442 bits per heavy atom. The quantitative estimate of drug-likeness (QED) is 0.186. The first kappa shape index (κ1) is 29.2. The second kappa shape index (κ2) is 11.2. The molecule has 4 nitrogen and oxygen atoms in total. The van der Waals surface area contributed by atoms with Crippen molar-refractivity contribution in [2.45, 2.75) is 5.41 Å². The average molecular weight is 681 g/mol. The number of hydrogen-bond donors (Lipinski definition) is 0. The van der Waals surface area contributed by atoms with Gasteiger partial charge in [-0.05, 0) is 79.4 Å². The molecule has 0 atom stereocenters. The first-order chi connectivity index (χ1) is 25.8. The van der Waals surface area contributed by atoms with E-state index in [9.17, 15) is 0 Å². The summed E-state index contributed by atoms with van der Waals surface area (Å²) in [7, 11) is 0. The number of benzene rings is 6. The number of pyridine rings is 1. The predicted octanol–water partition coefficient (Wildman–Crippen LogP) is 11.5. The van der Waals surface area contributed by atoms with E-state index >= 15 is 0 Å². The normalized spacial score (nSPS) is 13.2. The highest BCUT2D eigenvalue weighted by molar-refractivity contribution is 7.21. The number of fused-ring (bicyclic) bond motifs is 11. The lowest BCUT2D eigenvalue weighted by Crippen LogP contribution is -2.25. The Kier molecular flexibility index (Phi) is 6.30. The fraction of sp³-hybridized carbons (Fsp3) is 0.0213. The zero-order valence-corrected chi connectivity index (χ0v) is 28.7. The van der Waals surface area contributed by atoms with E-state index in [0.717, 1.165) is 54.4 Å². The molecule has 6 aromatic carbocycles. The summed E-state index contributed by atoms with van der Waals surface area (Å²) in [5.74, 6) is 0. The van der Waals surface area contributed by atoms with Crippen LogP contribution in [-0.2, 0) is 5.41 Å². The summed E-state index contributed by atoms with van der Waals surface area (Å²) >= 11 is 1.61. The summed E-state index contributed by atoms with van der Waals surface area (Å²) in [6.45, 7) is 0. The van der Waals surface area contributed by atoms with Gasteiger partial charge in [0.15, 0.2) is 0 Å². The molecule has 0 saturated carbocycles. The molecule has 0 amide bonds.